The van der Waals surface area contributed by atoms with Crippen LogP contribution in [0.1, 0.15) is 99.3 Å². The maximum Gasteiger partial charge on any atom is 0.303 e. The Morgan fingerprint density at radius 1 is 1.04 bits per heavy atom. The van der Waals surface area contributed by atoms with Crippen LogP contribution < -0.4 is 10.6 Å². The lowest BCUT2D eigenvalue weighted by Gasteiger charge is -2.39. The molecule has 10 heteroatoms. The largest absolute Gasteiger partial charge is 0.459 e. The molecule has 252 valence electrons. The van der Waals surface area contributed by atoms with E-state index in [0.717, 1.165) is 37.7 Å². The van der Waals surface area contributed by atoms with Gasteiger partial charge >= 0.3 is 5.97 Å². The first-order chi connectivity index (χ1) is 21.4. The number of epoxide rings is 1. The Morgan fingerprint density at radius 3 is 2.42 bits per heavy atom. The number of aliphatic hydroxyl groups excluding tert-OH is 1. The van der Waals surface area contributed by atoms with E-state index in [2.05, 4.69) is 23.6 Å². The molecule has 0 radical (unpaired) electrons. The van der Waals surface area contributed by atoms with E-state index in [4.69, 9.17) is 18.9 Å². The van der Waals surface area contributed by atoms with Crippen LogP contribution in [-0.4, -0.2) is 83.3 Å². The third-order valence-corrected chi connectivity index (χ3v) is 9.75. The van der Waals surface area contributed by atoms with Crippen molar-refractivity contribution in [1.82, 2.24) is 10.6 Å². The third kappa shape index (κ3) is 9.98. The molecule has 45 heavy (non-hydrogen) atoms. The van der Waals surface area contributed by atoms with Crippen molar-refractivity contribution in [3.63, 3.8) is 0 Å². The van der Waals surface area contributed by atoms with Crippen molar-refractivity contribution in [3.05, 3.63) is 36.0 Å². The normalized spacial score (nSPS) is 36.6. The van der Waals surface area contributed by atoms with Crippen LogP contribution in [-0.2, 0) is 33.3 Å². The molecule has 1 unspecified atom stereocenters. The molecule has 3 N–H and O–H groups in total. The number of esters is 1. The van der Waals surface area contributed by atoms with Crippen LogP contribution in [0, 0.1) is 5.92 Å². The lowest BCUT2D eigenvalue weighted by Crippen LogP contribution is -2.52. The van der Waals surface area contributed by atoms with Crippen LogP contribution in [0.15, 0.2) is 36.0 Å². The van der Waals surface area contributed by atoms with Crippen LogP contribution in [0.2, 0.25) is 0 Å². The topological polar surface area (TPSA) is 136 Å². The fourth-order valence-corrected chi connectivity index (χ4v) is 7.01. The van der Waals surface area contributed by atoms with Crippen molar-refractivity contribution in [3.8, 4) is 0 Å². The molecule has 2 amide bonds. The van der Waals surface area contributed by atoms with E-state index in [0.29, 0.717) is 12.8 Å². The first-order valence-corrected chi connectivity index (χ1v) is 16.8. The van der Waals surface area contributed by atoms with E-state index < -0.39 is 29.9 Å². The average Bonchev–Trinajstić information content (AvgIpc) is 3.62. The van der Waals surface area contributed by atoms with Crippen LogP contribution >= 0.6 is 0 Å². The Kier molecular flexibility index (Phi) is 12.4. The van der Waals surface area contributed by atoms with Gasteiger partial charge in [0, 0.05) is 25.5 Å². The molecule has 3 saturated heterocycles. The summed E-state index contributed by atoms with van der Waals surface area (Å²) in [7, 11) is 0. The fraction of sp³-hybridized carbons (Fsp3) is 0.743. The van der Waals surface area contributed by atoms with Gasteiger partial charge in [-0.2, -0.15) is 0 Å². The van der Waals surface area contributed by atoms with Crippen LogP contribution in [0.5, 0.6) is 0 Å². The summed E-state index contributed by atoms with van der Waals surface area (Å²) >= 11 is 0. The van der Waals surface area contributed by atoms with E-state index in [9.17, 15) is 19.5 Å². The summed E-state index contributed by atoms with van der Waals surface area (Å²) in [5.74, 6) is -0.404. The Balaban J connectivity index is 1.27. The van der Waals surface area contributed by atoms with Gasteiger partial charge in [-0.05, 0) is 65.4 Å². The molecule has 4 rings (SSSR count). The van der Waals surface area contributed by atoms with E-state index in [-0.39, 0.29) is 60.7 Å². The minimum absolute atomic E-state index is 0.00333. The average molecular weight is 631 g/mol. The second-order valence-corrected chi connectivity index (χ2v) is 13.6. The van der Waals surface area contributed by atoms with Crippen molar-refractivity contribution < 1.29 is 38.4 Å². The summed E-state index contributed by atoms with van der Waals surface area (Å²) in [5, 5.41) is 17.3. The summed E-state index contributed by atoms with van der Waals surface area (Å²) in [4.78, 5) is 36.3. The molecule has 0 aromatic carbocycles. The Hall–Kier alpha value is -2.53. The summed E-state index contributed by atoms with van der Waals surface area (Å²) < 4.78 is 23.5. The predicted molar refractivity (Wildman–Crippen MR) is 170 cm³/mol. The molecule has 4 fully saturated rings. The highest BCUT2D eigenvalue weighted by Gasteiger charge is 2.64. The van der Waals surface area contributed by atoms with E-state index in [1.165, 1.54) is 19.4 Å². The number of carbonyl (C=O) groups excluding carboxylic acids is 3. The number of hydrogen-bond donors (Lipinski definition) is 3. The molecule has 1 aliphatic carbocycles. The fourth-order valence-electron chi connectivity index (χ4n) is 7.01. The highest BCUT2D eigenvalue weighted by molar-refractivity contribution is 5.87. The molecule has 0 bridgehead atoms. The van der Waals surface area contributed by atoms with Crippen LogP contribution in [0.25, 0.3) is 0 Å². The van der Waals surface area contributed by atoms with Gasteiger partial charge in [0.2, 0.25) is 11.8 Å². The first kappa shape index (κ1) is 35.3. The summed E-state index contributed by atoms with van der Waals surface area (Å²) in [5.41, 5.74) is 0.359. The van der Waals surface area contributed by atoms with Gasteiger partial charge in [0.15, 0.2) is 0 Å². The van der Waals surface area contributed by atoms with Crippen molar-refractivity contribution >= 4 is 17.8 Å². The molecule has 0 aromatic heterocycles. The molecule has 1 saturated carbocycles. The molecule has 1 spiro atoms. The third-order valence-electron chi connectivity index (χ3n) is 9.75. The molecule has 4 aliphatic rings. The van der Waals surface area contributed by atoms with Crippen molar-refractivity contribution in [2.75, 3.05) is 0 Å². The van der Waals surface area contributed by atoms with Gasteiger partial charge in [-0.25, -0.2) is 0 Å². The molecular formula is C35H54N2O8. The number of rotatable bonds is 11. The van der Waals surface area contributed by atoms with Gasteiger partial charge in [0.05, 0.1) is 36.9 Å². The zero-order valence-corrected chi connectivity index (χ0v) is 27.8. The van der Waals surface area contributed by atoms with Gasteiger partial charge in [-0.15, -0.1) is 0 Å². The van der Waals surface area contributed by atoms with E-state index in [1.54, 1.807) is 13.0 Å². The highest BCUT2D eigenvalue weighted by Crippen LogP contribution is 2.49. The molecule has 10 atom stereocenters. The lowest BCUT2D eigenvalue weighted by atomic mass is 9.84. The molecule has 3 aliphatic heterocycles. The van der Waals surface area contributed by atoms with Gasteiger partial charge in [0.1, 0.15) is 23.9 Å². The van der Waals surface area contributed by atoms with Gasteiger partial charge in [-0.3, -0.25) is 14.4 Å². The number of allylic oxidation sites excluding steroid dienone is 2. The van der Waals surface area contributed by atoms with E-state index in [1.807, 2.05) is 32.9 Å². The monoisotopic (exact) mass is 630 g/mol. The van der Waals surface area contributed by atoms with Crippen molar-refractivity contribution in [2.45, 2.75) is 160 Å². The molecule has 10 nitrogen and oxygen atoms in total. The number of ether oxygens (including phenoxy) is 4. The number of carbonyl (C=O) groups is 3. The maximum atomic E-state index is 12.8. The number of nitrogens with one attached hydrogen (secondary N) is 2. The standard InChI is InChI=1S/C35H54N2O8/c1-21(12-15-30-22(2)18-29(24(4)43-30)37-32(39)17-14-23(3)42-26(6)38)13-16-31-34(41)35(25(5)45-35)20-28(44-31)19-33(40)36-27-10-8-7-9-11-27/h12-14,16-17,22-25,27-31,34,41H,7-11,15,18-20H2,1-6H3,(H,36,40)(H,37,39)/b16-13+,17-14-,21-12+/t22-,23-,24+,25?,28+,29+,30-,31+,34+,35+/m0/s1. The minimum atomic E-state index is -0.802. The zero-order valence-electron chi connectivity index (χ0n) is 27.8. The zero-order chi connectivity index (χ0) is 32.7. The Bertz CT molecular complexity index is 1130. The number of hydrogen-bond acceptors (Lipinski definition) is 8. The van der Waals surface area contributed by atoms with Crippen LogP contribution in [0.4, 0.5) is 0 Å². The first-order valence-electron chi connectivity index (χ1n) is 16.8. The SMILES string of the molecule is CC(=O)O[C@@H](C)/C=C\C(=O)N[C@@H]1C[C@H](C)[C@H](C/C=C(C)/C=C/[C@H]2O[C@H](CC(=O)NC3CCCCC3)C[C@]3(OC3C)[C@@H]2O)O[C@@H]1C. The maximum absolute atomic E-state index is 12.8. The van der Waals surface area contributed by atoms with Crippen molar-refractivity contribution in [2.24, 2.45) is 5.92 Å². The molecule has 3 heterocycles. The quantitative estimate of drug-likeness (QED) is 0.134. The highest BCUT2D eigenvalue weighted by atomic mass is 16.6. The second-order valence-electron chi connectivity index (χ2n) is 13.6. The predicted octanol–water partition coefficient (Wildman–Crippen LogP) is 4.20. The Labute approximate surface area is 268 Å². The Morgan fingerprint density at radius 2 is 1.76 bits per heavy atom. The number of amides is 2. The minimum Gasteiger partial charge on any atom is -0.459 e. The number of aliphatic hydroxyl groups is 1. The molecule has 0 aromatic rings. The van der Waals surface area contributed by atoms with Gasteiger partial charge in [-0.1, -0.05) is 50.0 Å². The lowest BCUT2D eigenvalue weighted by molar-refractivity contribution is -0.146. The van der Waals surface area contributed by atoms with Gasteiger partial charge < -0.3 is 34.7 Å². The van der Waals surface area contributed by atoms with Crippen LogP contribution in [0.3, 0.4) is 0 Å². The molecular weight excluding hydrogens is 576 g/mol. The summed E-state index contributed by atoms with van der Waals surface area (Å²) in [6, 6.07) is 0.132. The summed E-state index contributed by atoms with van der Waals surface area (Å²) in [6.07, 6.45) is 14.4. The smallest absolute Gasteiger partial charge is 0.303 e. The summed E-state index contributed by atoms with van der Waals surface area (Å²) in [6.45, 7) is 11.1. The van der Waals surface area contributed by atoms with E-state index >= 15 is 0 Å². The van der Waals surface area contributed by atoms with Gasteiger partial charge in [0.25, 0.3) is 0 Å². The second kappa shape index (κ2) is 15.8. The van der Waals surface area contributed by atoms with Crippen molar-refractivity contribution in [1.29, 1.82) is 0 Å².